The molecular weight excluding hydrogens is 247 g/mol. The molecule has 4 heteroatoms. The zero-order valence-corrected chi connectivity index (χ0v) is 10.6. The molecule has 0 heterocycles. The lowest BCUT2D eigenvalue weighted by molar-refractivity contribution is 0.0600. The van der Waals surface area contributed by atoms with E-state index < -0.39 is 5.97 Å². The molecule has 0 aromatic heterocycles. The molecule has 0 bridgehead atoms. The highest BCUT2D eigenvalue weighted by Crippen LogP contribution is 2.26. The minimum Gasteiger partial charge on any atom is -0.465 e. The molecule has 0 atom stereocenters. The van der Waals surface area contributed by atoms with Crippen LogP contribution < -0.4 is 4.74 Å². The third-order valence-electron chi connectivity index (χ3n) is 2.64. The van der Waals surface area contributed by atoms with E-state index in [4.69, 9.17) is 4.74 Å². The van der Waals surface area contributed by atoms with Crippen LogP contribution in [0.15, 0.2) is 42.5 Å². The molecule has 0 spiro atoms. The van der Waals surface area contributed by atoms with Gasteiger partial charge in [0.1, 0.15) is 17.3 Å². The van der Waals surface area contributed by atoms with Gasteiger partial charge in [-0.3, -0.25) is 0 Å². The van der Waals surface area contributed by atoms with E-state index in [-0.39, 0.29) is 5.82 Å². The lowest BCUT2D eigenvalue weighted by Gasteiger charge is -2.09. The van der Waals surface area contributed by atoms with Crippen molar-refractivity contribution in [3.63, 3.8) is 0 Å². The highest BCUT2D eigenvalue weighted by atomic mass is 19.1. The second kappa shape index (κ2) is 5.52. The molecule has 0 radical (unpaired) electrons. The zero-order chi connectivity index (χ0) is 13.8. The molecule has 0 aliphatic rings. The van der Waals surface area contributed by atoms with Crippen molar-refractivity contribution >= 4 is 5.97 Å². The van der Waals surface area contributed by atoms with E-state index in [1.54, 1.807) is 30.3 Å². The van der Waals surface area contributed by atoms with E-state index in [9.17, 15) is 9.18 Å². The van der Waals surface area contributed by atoms with Gasteiger partial charge in [-0.2, -0.15) is 0 Å². The van der Waals surface area contributed by atoms with E-state index >= 15 is 0 Å². The lowest BCUT2D eigenvalue weighted by atomic mass is 10.1. The fraction of sp³-hybridized carbons (Fsp3) is 0.133. The predicted molar refractivity (Wildman–Crippen MR) is 69.0 cm³/mol. The molecule has 0 saturated carbocycles. The normalized spacial score (nSPS) is 10.1. The molecule has 0 saturated heterocycles. The van der Waals surface area contributed by atoms with E-state index in [1.165, 1.54) is 19.2 Å². The van der Waals surface area contributed by atoms with Gasteiger partial charge in [0.05, 0.1) is 12.7 Å². The Bertz CT molecular complexity index is 591. The van der Waals surface area contributed by atoms with Crippen LogP contribution in [-0.4, -0.2) is 13.1 Å². The number of hydrogen-bond donors (Lipinski definition) is 0. The molecular formula is C15H13FO3. The number of hydrogen-bond acceptors (Lipinski definition) is 3. The lowest BCUT2D eigenvalue weighted by Crippen LogP contribution is -2.01. The second-order valence-corrected chi connectivity index (χ2v) is 4.03. The van der Waals surface area contributed by atoms with Gasteiger partial charge in [-0.25, -0.2) is 9.18 Å². The molecule has 0 aliphatic heterocycles. The van der Waals surface area contributed by atoms with Crippen molar-refractivity contribution in [2.45, 2.75) is 6.92 Å². The van der Waals surface area contributed by atoms with Crippen LogP contribution in [0.2, 0.25) is 0 Å². The number of halogens is 1. The summed E-state index contributed by atoms with van der Waals surface area (Å²) in [6.45, 7) is 1.82. The summed E-state index contributed by atoms with van der Waals surface area (Å²) >= 11 is 0. The molecule has 0 unspecified atom stereocenters. The van der Waals surface area contributed by atoms with Crippen LogP contribution in [0.1, 0.15) is 15.9 Å². The van der Waals surface area contributed by atoms with Crippen LogP contribution in [0.25, 0.3) is 0 Å². The summed E-state index contributed by atoms with van der Waals surface area (Å²) in [5.74, 6) is 0.441. The quantitative estimate of drug-likeness (QED) is 0.789. The van der Waals surface area contributed by atoms with Crippen molar-refractivity contribution < 1.29 is 18.7 Å². The van der Waals surface area contributed by atoms with Gasteiger partial charge in [-0.15, -0.1) is 0 Å². The summed E-state index contributed by atoms with van der Waals surface area (Å²) in [5.41, 5.74) is 1.26. The molecule has 0 fully saturated rings. The molecule has 0 N–H and O–H groups in total. The SMILES string of the molecule is COC(=O)c1ccc(Oc2ccc(F)cc2)c(C)c1. The van der Waals surface area contributed by atoms with Gasteiger partial charge in [0.2, 0.25) is 0 Å². The first-order chi connectivity index (χ1) is 9.10. The zero-order valence-electron chi connectivity index (χ0n) is 10.6. The second-order valence-electron chi connectivity index (χ2n) is 4.03. The summed E-state index contributed by atoms with van der Waals surface area (Å²) in [4.78, 5) is 11.4. The van der Waals surface area contributed by atoms with Crippen LogP contribution in [0.5, 0.6) is 11.5 Å². The number of aryl methyl sites for hydroxylation is 1. The van der Waals surface area contributed by atoms with E-state index in [0.717, 1.165) is 5.56 Å². The van der Waals surface area contributed by atoms with Gasteiger partial charge in [-0.1, -0.05) is 0 Å². The number of rotatable bonds is 3. The molecule has 2 rings (SSSR count). The third kappa shape index (κ3) is 3.10. The number of methoxy groups -OCH3 is 1. The molecule has 0 amide bonds. The molecule has 0 aliphatic carbocycles. The minimum atomic E-state index is -0.392. The first-order valence-electron chi connectivity index (χ1n) is 5.72. The standard InChI is InChI=1S/C15H13FO3/c1-10-9-11(15(17)18-2)3-8-14(10)19-13-6-4-12(16)5-7-13/h3-9H,1-2H3. The summed E-state index contributed by atoms with van der Waals surface area (Å²) in [5, 5.41) is 0. The Morgan fingerprint density at radius 1 is 1.11 bits per heavy atom. The maximum Gasteiger partial charge on any atom is 0.337 e. The summed E-state index contributed by atoms with van der Waals surface area (Å²) < 4.78 is 23.0. The first kappa shape index (κ1) is 13.1. The highest BCUT2D eigenvalue weighted by molar-refractivity contribution is 5.89. The van der Waals surface area contributed by atoms with E-state index in [1.807, 2.05) is 6.92 Å². The largest absolute Gasteiger partial charge is 0.465 e. The number of benzene rings is 2. The Kier molecular flexibility index (Phi) is 3.80. The summed E-state index contributed by atoms with van der Waals surface area (Å²) in [6.07, 6.45) is 0. The molecule has 98 valence electrons. The van der Waals surface area contributed by atoms with Crippen molar-refractivity contribution in [1.82, 2.24) is 0 Å². The number of esters is 1. The Balaban J connectivity index is 2.22. The average molecular weight is 260 g/mol. The van der Waals surface area contributed by atoms with Gasteiger partial charge >= 0.3 is 5.97 Å². The van der Waals surface area contributed by atoms with Gasteiger partial charge in [0.15, 0.2) is 0 Å². The Morgan fingerprint density at radius 2 is 1.79 bits per heavy atom. The van der Waals surface area contributed by atoms with Crippen LogP contribution in [0.4, 0.5) is 4.39 Å². The maximum atomic E-state index is 12.8. The number of carbonyl (C=O) groups is 1. The molecule has 19 heavy (non-hydrogen) atoms. The van der Waals surface area contributed by atoms with Gasteiger partial charge < -0.3 is 9.47 Å². The number of carbonyl (C=O) groups excluding carboxylic acids is 1. The summed E-state index contributed by atoms with van der Waals surface area (Å²) in [7, 11) is 1.33. The minimum absolute atomic E-state index is 0.315. The Hall–Kier alpha value is -2.36. The van der Waals surface area contributed by atoms with Crippen LogP contribution in [-0.2, 0) is 4.74 Å². The monoisotopic (exact) mass is 260 g/mol. The van der Waals surface area contributed by atoms with Crippen molar-refractivity contribution in [1.29, 1.82) is 0 Å². The fourth-order valence-corrected chi connectivity index (χ4v) is 1.64. The smallest absolute Gasteiger partial charge is 0.337 e. The average Bonchev–Trinajstić information content (AvgIpc) is 2.42. The fourth-order valence-electron chi connectivity index (χ4n) is 1.64. The van der Waals surface area contributed by atoms with E-state index in [0.29, 0.717) is 17.1 Å². The third-order valence-corrected chi connectivity index (χ3v) is 2.64. The van der Waals surface area contributed by atoms with Crippen LogP contribution in [0.3, 0.4) is 0 Å². The van der Waals surface area contributed by atoms with Crippen molar-refractivity contribution in [2.24, 2.45) is 0 Å². The Labute approximate surface area is 110 Å². The molecule has 2 aromatic carbocycles. The summed E-state index contributed by atoms with van der Waals surface area (Å²) in [6, 6.07) is 10.7. The van der Waals surface area contributed by atoms with Crippen molar-refractivity contribution in [3.05, 3.63) is 59.4 Å². The van der Waals surface area contributed by atoms with E-state index in [2.05, 4.69) is 4.74 Å². The predicted octanol–water partition coefficient (Wildman–Crippen LogP) is 3.71. The van der Waals surface area contributed by atoms with Gasteiger partial charge in [0.25, 0.3) is 0 Å². The van der Waals surface area contributed by atoms with Gasteiger partial charge in [0, 0.05) is 0 Å². The maximum absolute atomic E-state index is 12.8. The molecule has 3 nitrogen and oxygen atoms in total. The Morgan fingerprint density at radius 3 is 2.37 bits per heavy atom. The molecule has 2 aromatic rings. The highest BCUT2D eigenvalue weighted by Gasteiger charge is 2.08. The first-order valence-corrected chi connectivity index (χ1v) is 5.72. The van der Waals surface area contributed by atoms with Gasteiger partial charge in [-0.05, 0) is 55.0 Å². The van der Waals surface area contributed by atoms with Crippen molar-refractivity contribution in [3.8, 4) is 11.5 Å². The van der Waals surface area contributed by atoms with Crippen LogP contribution in [0, 0.1) is 12.7 Å². The van der Waals surface area contributed by atoms with Crippen molar-refractivity contribution in [2.75, 3.05) is 7.11 Å². The van der Waals surface area contributed by atoms with Crippen LogP contribution >= 0.6 is 0 Å². The number of ether oxygens (including phenoxy) is 2. The topological polar surface area (TPSA) is 35.5 Å².